The summed E-state index contributed by atoms with van der Waals surface area (Å²) in [7, 11) is 0. The Morgan fingerprint density at radius 1 is 0.667 bits per heavy atom. The average molecular weight is 273 g/mol. The maximum absolute atomic E-state index is 4.83. The van der Waals surface area contributed by atoms with E-state index in [0.717, 1.165) is 17.0 Å². The predicted molar refractivity (Wildman–Crippen MR) is 89.2 cm³/mol. The molecule has 0 amide bonds. The fourth-order valence-corrected chi connectivity index (χ4v) is 2.40. The fourth-order valence-electron chi connectivity index (χ4n) is 2.40. The Hall–Kier alpha value is -2.41. The number of rotatable bonds is 3. The first-order chi connectivity index (χ1) is 10.2. The van der Waals surface area contributed by atoms with E-state index in [-0.39, 0.29) is 0 Å². The third-order valence-electron chi connectivity index (χ3n) is 3.61. The molecule has 3 aromatic rings. The molecule has 0 aliphatic carbocycles. The first kappa shape index (κ1) is 13.6. The maximum Gasteiger partial charge on any atom is 0.0711 e. The van der Waals surface area contributed by atoms with E-state index in [1.165, 1.54) is 11.1 Å². The Labute approximate surface area is 126 Å². The van der Waals surface area contributed by atoms with Crippen molar-refractivity contribution in [2.24, 2.45) is 0 Å². The molecular formula is C20H19N. The molecule has 0 atom stereocenters. The van der Waals surface area contributed by atoms with Gasteiger partial charge in [-0.15, -0.1) is 0 Å². The van der Waals surface area contributed by atoms with Gasteiger partial charge in [-0.25, -0.2) is 0 Å². The summed E-state index contributed by atoms with van der Waals surface area (Å²) in [5.41, 5.74) is 5.81. The van der Waals surface area contributed by atoms with Crippen molar-refractivity contribution in [1.82, 2.24) is 4.98 Å². The predicted octanol–water partition coefficient (Wildman–Crippen LogP) is 5.54. The molecule has 0 aliphatic rings. The van der Waals surface area contributed by atoms with Gasteiger partial charge in [-0.1, -0.05) is 74.5 Å². The Morgan fingerprint density at radius 2 is 1.24 bits per heavy atom. The molecule has 1 aromatic heterocycles. The van der Waals surface area contributed by atoms with Crippen LogP contribution >= 0.6 is 0 Å². The van der Waals surface area contributed by atoms with Crippen LogP contribution in [0, 0.1) is 0 Å². The minimum absolute atomic E-state index is 0.413. The van der Waals surface area contributed by atoms with Crippen molar-refractivity contribution in [1.29, 1.82) is 0 Å². The van der Waals surface area contributed by atoms with E-state index in [9.17, 15) is 0 Å². The quantitative estimate of drug-likeness (QED) is 0.610. The summed E-state index contributed by atoms with van der Waals surface area (Å²) in [5, 5.41) is 0. The van der Waals surface area contributed by atoms with Crippen LogP contribution in [0.25, 0.3) is 22.4 Å². The molecule has 104 valence electrons. The molecule has 0 aliphatic heterocycles. The highest BCUT2D eigenvalue weighted by atomic mass is 14.7. The number of hydrogen-bond acceptors (Lipinski definition) is 1. The lowest BCUT2D eigenvalue weighted by molar-refractivity contribution is 0.825. The summed E-state index contributed by atoms with van der Waals surface area (Å²) in [6.07, 6.45) is 0. The first-order valence-corrected chi connectivity index (χ1v) is 7.37. The molecule has 3 rings (SSSR count). The van der Waals surface area contributed by atoms with Crippen LogP contribution in [0.2, 0.25) is 0 Å². The minimum Gasteiger partial charge on any atom is -0.253 e. The lowest BCUT2D eigenvalue weighted by Gasteiger charge is -2.11. The van der Waals surface area contributed by atoms with Gasteiger partial charge < -0.3 is 0 Å². The largest absolute Gasteiger partial charge is 0.253 e. The average Bonchev–Trinajstić information content (AvgIpc) is 2.56. The SMILES string of the molecule is CC(C)c1cc(-c2ccccc2)cc(-c2ccccc2)n1. The molecule has 21 heavy (non-hydrogen) atoms. The highest BCUT2D eigenvalue weighted by molar-refractivity contribution is 5.71. The molecule has 1 heteroatoms. The number of nitrogens with zero attached hydrogens (tertiary/aromatic N) is 1. The first-order valence-electron chi connectivity index (χ1n) is 7.37. The van der Waals surface area contributed by atoms with Gasteiger partial charge in [0.1, 0.15) is 0 Å². The summed E-state index contributed by atoms with van der Waals surface area (Å²) < 4.78 is 0. The molecule has 0 fully saturated rings. The van der Waals surface area contributed by atoms with Gasteiger partial charge in [0.2, 0.25) is 0 Å². The summed E-state index contributed by atoms with van der Waals surface area (Å²) in [6.45, 7) is 4.37. The van der Waals surface area contributed by atoms with E-state index >= 15 is 0 Å². The van der Waals surface area contributed by atoms with Crippen molar-refractivity contribution in [3.8, 4) is 22.4 Å². The highest BCUT2D eigenvalue weighted by Crippen LogP contribution is 2.28. The van der Waals surface area contributed by atoms with Gasteiger partial charge in [0.05, 0.1) is 5.69 Å². The second kappa shape index (κ2) is 5.92. The summed E-state index contributed by atoms with van der Waals surface area (Å²) in [6, 6.07) is 25.2. The van der Waals surface area contributed by atoms with E-state index in [1.807, 2.05) is 12.1 Å². The maximum atomic E-state index is 4.83. The fraction of sp³-hybridized carbons (Fsp3) is 0.150. The molecule has 0 N–H and O–H groups in total. The van der Waals surface area contributed by atoms with Crippen molar-refractivity contribution in [2.75, 3.05) is 0 Å². The lowest BCUT2D eigenvalue weighted by Crippen LogP contribution is -1.96. The molecule has 0 radical (unpaired) electrons. The van der Waals surface area contributed by atoms with Gasteiger partial charge in [0.25, 0.3) is 0 Å². The van der Waals surface area contributed by atoms with Crippen LogP contribution in [0.1, 0.15) is 25.5 Å². The zero-order chi connectivity index (χ0) is 14.7. The van der Waals surface area contributed by atoms with Crippen molar-refractivity contribution in [3.63, 3.8) is 0 Å². The van der Waals surface area contributed by atoms with E-state index in [2.05, 4.69) is 74.5 Å². The van der Waals surface area contributed by atoms with Gasteiger partial charge in [0, 0.05) is 11.3 Å². The lowest BCUT2D eigenvalue weighted by atomic mass is 9.99. The van der Waals surface area contributed by atoms with Crippen molar-refractivity contribution < 1.29 is 0 Å². The third-order valence-corrected chi connectivity index (χ3v) is 3.61. The standard InChI is InChI=1S/C20H19N/c1-15(2)19-13-18(16-9-5-3-6-10-16)14-20(21-19)17-11-7-4-8-12-17/h3-15H,1-2H3. The number of hydrogen-bond donors (Lipinski definition) is 0. The second-order valence-electron chi connectivity index (χ2n) is 5.55. The van der Waals surface area contributed by atoms with Crippen LogP contribution < -0.4 is 0 Å². The summed E-state index contributed by atoms with van der Waals surface area (Å²) in [4.78, 5) is 4.83. The molecular weight excluding hydrogens is 254 g/mol. The number of benzene rings is 2. The third kappa shape index (κ3) is 3.03. The number of aromatic nitrogens is 1. The Bertz CT molecular complexity index is 658. The highest BCUT2D eigenvalue weighted by Gasteiger charge is 2.09. The van der Waals surface area contributed by atoms with E-state index in [4.69, 9.17) is 4.98 Å². The van der Waals surface area contributed by atoms with Crippen LogP contribution in [0.4, 0.5) is 0 Å². The normalized spacial score (nSPS) is 10.8. The monoisotopic (exact) mass is 273 g/mol. The van der Waals surface area contributed by atoms with Crippen molar-refractivity contribution >= 4 is 0 Å². The topological polar surface area (TPSA) is 12.9 Å². The molecule has 0 saturated heterocycles. The van der Waals surface area contributed by atoms with Crippen LogP contribution in [0.15, 0.2) is 72.8 Å². The van der Waals surface area contributed by atoms with E-state index < -0.39 is 0 Å². The summed E-state index contributed by atoms with van der Waals surface area (Å²) in [5.74, 6) is 0.413. The number of pyridine rings is 1. The zero-order valence-corrected chi connectivity index (χ0v) is 12.5. The van der Waals surface area contributed by atoms with Crippen LogP contribution in [-0.2, 0) is 0 Å². The second-order valence-corrected chi connectivity index (χ2v) is 5.55. The Kier molecular flexibility index (Phi) is 3.83. The van der Waals surface area contributed by atoms with Crippen LogP contribution in [0.3, 0.4) is 0 Å². The van der Waals surface area contributed by atoms with Crippen LogP contribution in [-0.4, -0.2) is 4.98 Å². The van der Waals surface area contributed by atoms with Crippen molar-refractivity contribution in [2.45, 2.75) is 19.8 Å². The Morgan fingerprint density at radius 3 is 1.81 bits per heavy atom. The molecule has 2 aromatic carbocycles. The van der Waals surface area contributed by atoms with E-state index in [1.54, 1.807) is 0 Å². The molecule has 0 saturated carbocycles. The molecule has 1 nitrogen and oxygen atoms in total. The van der Waals surface area contributed by atoms with Gasteiger partial charge in [0.15, 0.2) is 0 Å². The van der Waals surface area contributed by atoms with Gasteiger partial charge in [-0.3, -0.25) is 4.98 Å². The minimum atomic E-state index is 0.413. The van der Waals surface area contributed by atoms with Gasteiger partial charge >= 0.3 is 0 Å². The summed E-state index contributed by atoms with van der Waals surface area (Å²) >= 11 is 0. The molecule has 0 unspecified atom stereocenters. The molecule has 0 spiro atoms. The molecule has 0 bridgehead atoms. The smallest absolute Gasteiger partial charge is 0.0711 e. The van der Waals surface area contributed by atoms with Crippen LogP contribution in [0.5, 0.6) is 0 Å². The van der Waals surface area contributed by atoms with Gasteiger partial charge in [-0.05, 0) is 29.2 Å². The molecule has 1 heterocycles. The Balaban J connectivity index is 2.16. The van der Waals surface area contributed by atoms with E-state index in [0.29, 0.717) is 5.92 Å². The van der Waals surface area contributed by atoms with Crippen molar-refractivity contribution in [3.05, 3.63) is 78.5 Å². The zero-order valence-electron chi connectivity index (χ0n) is 12.5. The van der Waals surface area contributed by atoms with Gasteiger partial charge in [-0.2, -0.15) is 0 Å².